The quantitative estimate of drug-likeness (QED) is 0.382. The molecular weight excluding hydrogens is 441 g/mol. The molecule has 0 saturated heterocycles. The molecule has 0 aliphatic heterocycles. The predicted molar refractivity (Wildman–Crippen MR) is 117 cm³/mol. The Morgan fingerprint density at radius 2 is 1.94 bits per heavy atom. The number of hydrogen-bond acceptors (Lipinski definition) is 5. The molecule has 0 spiro atoms. The van der Waals surface area contributed by atoms with Crippen molar-refractivity contribution in [1.82, 2.24) is 14.5 Å². The van der Waals surface area contributed by atoms with Crippen molar-refractivity contribution in [1.29, 1.82) is 0 Å². The first-order valence-corrected chi connectivity index (χ1v) is 10.6. The van der Waals surface area contributed by atoms with Crippen molar-refractivity contribution in [3.8, 4) is 10.6 Å². The lowest BCUT2D eigenvalue weighted by Crippen LogP contribution is -2.13. The van der Waals surface area contributed by atoms with Gasteiger partial charge in [0.2, 0.25) is 0 Å². The summed E-state index contributed by atoms with van der Waals surface area (Å²) < 4.78 is 45.6. The Balaban J connectivity index is 1.40. The summed E-state index contributed by atoms with van der Waals surface area (Å²) in [5.74, 6) is 0. The first kappa shape index (κ1) is 21.8. The largest absolute Gasteiger partial charge is 0.444 e. The summed E-state index contributed by atoms with van der Waals surface area (Å²) in [7, 11) is 0. The summed E-state index contributed by atoms with van der Waals surface area (Å²) in [6.07, 6.45) is -3.27. The van der Waals surface area contributed by atoms with E-state index in [1.165, 1.54) is 23.5 Å². The molecule has 0 aliphatic rings. The average Bonchev–Trinajstić information content (AvgIpc) is 3.34. The number of aryl methyl sites for hydroxylation is 2. The molecule has 4 aromatic rings. The van der Waals surface area contributed by atoms with Gasteiger partial charge in [0, 0.05) is 12.1 Å². The van der Waals surface area contributed by atoms with Gasteiger partial charge in [0.1, 0.15) is 16.6 Å². The Labute approximate surface area is 185 Å². The lowest BCUT2D eigenvalue weighted by Gasteiger charge is -2.07. The maximum absolute atomic E-state index is 12.7. The number of nitrogens with one attached hydrogen (secondary N) is 1. The zero-order valence-electron chi connectivity index (χ0n) is 17.2. The number of carbonyl (C=O) groups is 1. The molecule has 4 rings (SSSR count). The van der Waals surface area contributed by atoms with Crippen LogP contribution in [0, 0.1) is 6.92 Å². The van der Waals surface area contributed by atoms with E-state index in [0.717, 1.165) is 35.3 Å². The van der Waals surface area contributed by atoms with Crippen molar-refractivity contribution in [2.24, 2.45) is 0 Å². The fraction of sp³-hybridized carbons (Fsp3) is 0.227. The number of aromatic nitrogens is 3. The van der Waals surface area contributed by atoms with E-state index in [1.807, 2.05) is 29.7 Å². The molecule has 0 aliphatic carbocycles. The van der Waals surface area contributed by atoms with Gasteiger partial charge in [0.25, 0.3) is 0 Å². The van der Waals surface area contributed by atoms with Crippen LogP contribution in [0.1, 0.15) is 23.7 Å². The summed E-state index contributed by atoms with van der Waals surface area (Å²) in [6, 6.07) is 10.4. The second-order valence-corrected chi connectivity index (χ2v) is 8.06. The summed E-state index contributed by atoms with van der Waals surface area (Å²) in [5, 5.41) is 3.63. The average molecular weight is 460 g/mol. The first-order valence-electron chi connectivity index (χ1n) is 9.77. The van der Waals surface area contributed by atoms with Crippen LogP contribution in [0.15, 0.2) is 48.8 Å². The van der Waals surface area contributed by atoms with Gasteiger partial charge in [0.15, 0.2) is 0 Å². The van der Waals surface area contributed by atoms with Crippen LogP contribution in [0.4, 0.5) is 23.0 Å². The summed E-state index contributed by atoms with van der Waals surface area (Å²) in [6.45, 7) is 4.63. The fourth-order valence-electron chi connectivity index (χ4n) is 3.17. The second kappa shape index (κ2) is 8.62. The highest BCUT2D eigenvalue weighted by atomic mass is 32.1. The zero-order chi connectivity index (χ0) is 22.9. The molecule has 6 nitrogen and oxygen atoms in total. The molecule has 1 N–H and O–H groups in total. The van der Waals surface area contributed by atoms with Crippen molar-refractivity contribution >= 4 is 33.5 Å². The van der Waals surface area contributed by atoms with E-state index in [1.54, 1.807) is 13.3 Å². The number of alkyl halides is 3. The van der Waals surface area contributed by atoms with E-state index in [9.17, 15) is 18.0 Å². The molecular formula is C22H19F3N4O2S. The van der Waals surface area contributed by atoms with Gasteiger partial charge in [-0.3, -0.25) is 5.32 Å². The minimum atomic E-state index is -4.39. The minimum absolute atomic E-state index is 0.0738. The van der Waals surface area contributed by atoms with Gasteiger partial charge in [-0.2, -0.15) is 13.2 Å². The van der Waals surface area contributed by atoms with Crippen molar-refractivity contribution in [3.63, 3.8) is 0 Å². The minimum Gasteiger partial charge on any atom is -0.444 e. The van der Waals surface area contributed by atoms with Crippen molar-refractivity contribution < 1.29 is 22.7 Å². The van der Waals surface area contributed by atoms with Crippen molar-refractivity contribution in [2.45, 2.75) is 33.2 Å². The van der Waals surface area contributed by atoms with Gasteiger partial charge in [-0.15, -0.1) is 0 Å². The highest BCUT2D eigenvalue weighted by molar-refractivity contribution is 7.19. The summed E-state index contributed by atoms with van der Waals surface area (Å²) >= 11 is 1.17. The third-order valence-electron chi connectivity index (χ3n) is 4.87. The van der Waals surface area contributed by atoms with Gasteiger partial charge in [-0.25, -0.2) is 14.8 Å². The van der Waals surface area contributed by atoms with E-state index in [2.05, 4.69) is 15.3 Å². The molecule has 0 unspecified atom stereocenters. The lowest BCUT2D eigenvalue weighted by molar-refractivity contribution is -0.137. The van der Waals surface area contributed by atoms with Gasteiger partial charge in [-0.05, 0) is 43.7 Å². The van der Waals surface area contributed by atoms with E-state index in [-0.39, 0.29) is 6.61 Å². The van der Waals surface area contributed by atoms with Crippen LogP contribution in [0.5, 0.6) is 0 Å². The highest BCUT2D eigenvalue weighted by Crippen LogP contribution is 2.34. The number of amides is 1. The summed E-state index contributed by atoms with van der Waals surface area (Å²) in [5.41, 5.74) is 3.00. The molecule has 0 atom stereocenters. The molecule has 2 aromatic heterocycles. The topological polar surface area (TPSA) is 69.0 Å². The van der Waals surface area contributed by atoms with Crippen LogP contribution >= 0.6 is 11.3 Å². The number of ether oxygens (including phenoxy) is 1. The van der Waals surface area contributed by atoms with Gasteiger partial charge >= 0.3 is 12.3 Å². The molecule has 32 heavy (non-hydrogen) atoms. The Bertz CT molecular complexity index is 1260. The molecule has 0 radical (unpaired) electrons. The maximum atomic E-state index is 12.7. The van der Waals surface area contributed by atoms with Crippen LogP contribution in [-0.4, -0.2) is 20.6 Å². The first-order chi connectivity index (χ1) is 15.2. The van der Waals surface area contributed by atoms with Crippen LogP contribution < -0.4 is 5.32 Å². The number of nitrogens with zero attached hydrogens (tertiary/aromatic N) is 3. The van der Waals surface area contributed by atoms with Crippen LogP contribution in [0.2, 0.25) is 0 Å². The van der Waals surface area contributed by atoms with Crippen LogP contribution in [0.3, 0.4) is 0 Å². The monoisotopic (exact) mass is 460 g/mol. The van der Waals surface area contributed by atoms with Crippen molar-refractivity contribution in [3.05, 3.63) is 65.6 Å². The Morgan fingerprint density at radius 3 is 2.62 bits per heavy atom. The summed E-state index contributed by atoms with van der Waals surface area (Å²) in [4.78, 5) is 20.9. The second-order valence-electron chi connectivity index (χ2n) is 7.06. The van der Waals surface area contributed by atoms with Crippen LogP contribution in [0.25, 0.3) is 21.6 Å². The van der Waals surface area contributed by atoms with Crippen LogP contribution in [-0.2, 0) is 24.1 Å². The number of rotatable bonds is 5. The van der Waals surface area contributed by atoms with Gasteiger partial charge in [0.05, 0.1) is 28.6 Å². The number of fused-ring (bicyclic) bond motifs is 1. The molecule has 2 aromatic carbocycles. The number of anilines is 1. The molecule has 2 heterocycles. The number of imidazole rings is 1. The molecule has 10 heteroatoms. The molecule has 0 fully saturated rings. The molecule has 1 amide bonds. The Hall–Kier alpha value is -3.40. The number of thiazole rings is 1. The number of carbonyl (C=O) groups excluding carboxylic acids is 1. The maximum Gasteiger partial charge on any atom is 0.416 e. The van der Waals surface area contributed by atoms with E-state index >= 15 is 0 Å². The SMILES string of the molecule is CCn1cnc2cc(COC(=O)Nc3sc(-c4ccc(C(F)(F)F)cc4)nc3C)ccc21. The molecule has 166 valence electrons. The smallest absolute Gasteiger partial charge is 0.416 e. The van der Waals surface area contributed by atoms with Gasteiger partial charge in [-0.1, -0.05) is 29.5 Å². The normalized spacial score (nSPS) is 11.7. The van der Waals surface area contributed by atoms with E-state index < -0.39 is 17.8 Å². The lowest BCUT2D eigenvalue weighted by atomic mass is 10.1. The van der Waals surface area contributed by atoms with Gasteiger partial charge < -0.3 is 9.30 Å². The third kappa shape index (κ3) is 4.59. The fourth-order valence-corrected chi connectivity index (χ4v) is 4.12. The molecule has 0 saturated carbocycles. The Kier molecular flexibility index (Phi) is 5.88. The van der Waals surface area contributed by atoms with E-state index in [4.69, 9.17) is 4.74 Å². The molecule has 0 bridgehead atoms. The predicted octanol–water partition coefficient (Wildman–Crippen LogP) is 6.26. The van der Waals surface area contributed by atoms with E-state index in [0.29, 0.717) is 21.3 Å². The standard InChI is InChI=1S/C22H19F3N4O2S/c1-3-29-12-26-17-10-14(4-9-18(17)29)11-31-21(30)28-19-13(2)27-20(32-19)15-5-7-16(8-6-15)22(23,24)25/h4-10,12H,3,11H2,1-2H3,(H,28,30). The number of benzene rings is 2. The number of hydrogen-bond donors (Lipinski definition) is 1. The zero-order valence-corrected chi connectivity index (χ0v) is 18.0. The Morgan fingerprint density at radius 1 is 1.19 bits per heavy atom. The number of halogens is 3. The van der Waals surface area contributed by atoms with Crippen molar-refractivity contribution in [2.75, 3.05) is 5.32 Å². The third-order valence-corrected chi connectivity index (χ3v) is 5.99. The highest BCUT2D eigenvalue weighted by Gasteiger charge is 2.30.